The van der Waals surface area contributed by atoms with E-state index < -0.39 is 11.8 Å². The van der Waals surface area contributed by atoms with Crippen molar-refractivity contribution < 1.29 is 19.1 Å². The lowest BCUT2D eigenvalue weighted by Gasteiger charge is -2.09. The highest BCUT2D eigenvalue weighted by molar-refractivity contribution is 9.10. The van der Waals surface area contributed by atoms with Crippen molar-refractivity contribution in [1.29, 1.82) is 0 Å². The van der Waals surface area contributed by atoms with E-state index in [2.05, 4.69) is 37.1 Å². The number of ether oxygens (including phenoxy) is 1. The Morgan fingerprint density at radius 2 is 1.66 bits per heavy atom. The van der Waals surface area contributed by atoms with Gasteiger partial charge in [-0.3, -0.25) is 14.4 Å². The maximum Gasteiger partial charge on any atom is 0.329 e. The van der Waals surface area contributed by atoms with Gasteiger partial charge >= 0.3 is 11.8 Å². The zero-order valence-electron chi connectivity index (χ0n) is 19.3. The number of nitrogens with one attached hydrogen (secondary N) is 3. The summed E-state index contributed by atoms with van der Waals surface area (Å²) in [7, 11) is 0. The van der Waals surface area contributed by atoms with E-state index in [1.807, 2.05) is 50.2 Å². The molecule has 0 aliphatic heterocycles. The first-order valence-electron chi connectivity index (χ1n) is 10.8. The molecule has 0 radical (unpaired) electrons. The molecule has 180 valence electrons. The van der Waals surface area contributed by atoms with Crippen molar-refractivity contribution in [2.75, 3.05) is 11.9 Å². The van der Waals surface area contributed by atoms with Crippen LogP contribution < -0.4 is 20.8 Å². The number of carbonyl (C=O) groups excluding carboxylic acids is 3. The van der Waals surface area contributed by atoms with Gasteiger partial charge in [-0.2, -0.15) is 5.10 Å². The van der Waals surface area contributed by atoms with Crippen molar-refractivity contribution >= 4 is 45.6 Å². The highest BCUT2D eigenvalue weighted by Crippen LogP contribution is 2.20. The Labute approximate surface area is 211 Å². The molecular formula is C26H25BrN4O4. The van der Waals surface area contributed by atoms with Crippen molar-refractivity contribution in [3.8, 4) is 5.75 Å². The maximum atomic E-state index is 12.1. The second-order valence-corrected chi connectivity index (χ2v) is 8.59. The lowest BCUT2D eigenvalue weighted by atomic mass is 10.1. The fraction of sp³-hybridized carbons (Fsp3) is 0.154. The van der Waals surface area contributed by atoms with E-state index in [4.69, 9.17) is 4.74 Å². The quantitative estimate of drug-likeness (QED) is 0.231. The molecule has 0 unspecified atom stereocenters. The Hall–Kier alpha value is -3.98. The van der Waals surface area contributed by atoms with Crippen LogP contribution >= 0.6 is 15.9 Å². The summed E-state index contributed by atoms with van der Waals surface area (Å²) >= 11 is 3.42. The molecule has 35 heavy (non-hydrogen) atoms. The predicted molar refractivity (Wildman–Crippen MR) is 138 cm³/mol. The first-order valence-corrected chi connectivity index (χ1v) is 11.5. The Morgan fingerprint density at radius 1 is 0.943 bits per heavy atom. The number of anilines is 1. The van der Waals surface area contributed by atoms with Crippen LogP contribution in [0.5, 0.6) is 5.75 Å². The molecule has 0 aromatic heterocycles. The average Bonchev–Trinajstić information content (AvgIpc) is 2.85. The molecule has 3 rings (SSSR count). The maximum absolute atomic E-state index is 12.1. The molecule has 0 bridgehead atoms. The molecule has 0 aliphatic rings. The number of amides is 3. The highest BCUT2D eigenvalue weighted by atomic mass is 79.9. The summed E-state index contributed by atoms with van der Waals surface area (Å²) in [5.74, 6) is -1.41. The molecule has 3 aromatic rings. The van der Waals surface area contributed by atoms with Gasteiger partial charge in [0.2, 0.25) is 0 Å². The fourth-order valence-corrected chi connectivity index (χ4v) is 3.15. The van der Waals surface area contributed by atoms with Gasteiger partial charge in [0.15, 0.2) is 6.61 Å². The van der Waals surface area contributed by atoms with Crippen LogP contribution in [0.1, 0.15) is 22.3 Å². The largest absolute Gasteiger partial charge is 0.484 e. The summed E-state index contributed by atoms with van der Waals surface area (Å²) in [6.45, 7) is 4.02. The topological polar surface area (TPSA) is 109 Å². The summed E-state index contributed by atoms with van der Waals surface area (Å²) in [5, 5.41) is 9.12. The van der Waals surface area contributed by atoms with E-state index in [1.54, 1.807) is 30.3 Å². The number of rotatable bonds is 8. The van der Waals surface area contributed by atoms with Crippen molar-refractivity contribution in [3.63, 3.8) is 0 Å². The fourth-order valence-electron chi connectivity index (χ4n) is 2.90. The van der Waals surface area contributed by atoms with Crippen LogP contribution in [0.4, 0.5) is 5.69 Å². The van der Waals surface area contributed by atoms with E-state index in [0.717, 1.165) is 21.2 Å². The molecule has 3 N–H and O–H groups in total. The van der Waals surface area contributed by atoms with E-state index in [1.165, 1.54) is 6.21 Å². The van der Waals surface area contributed by atoms with Crippen molar-refractivity contribution in [2.24, 2.45) is 5.10 Å². The lowest BCUT2D eigenvalue weighted by Crippen LogP contribution is -2.37. The summed E-state index contributed by atoms with van der Waals surface area (Å²) in [6, 6.07) is 19.9. The van der Waals surface area contributed by atoms with Gasteiger partial charge in [-0.15, -0.1) is 0 Å². The van der Waals surface area contributed by atoms with Crippen LogP contribution in [-0.4, -0.2) is 30.5 Å². The first-order chi connectivity index (χ1) is 16.8. The molecule has 0 heterocycles. The van der Waals surface area contributed by atoms with E-state index in [-0.39, 0.29) is 19.1 Å². The van der Waals surface area contributed by atoms with Crippen molar-refractivity contribution in [3.05, 3.63) is 93.5 Å². The monoisotopic (exact) mass is 536 g/mol. The van der Waals surface area contributed by atoms with Crippen LogP contribution in [0.3, 0.4) is 0 Å². The summed E-state index contributed by atoms with van der Waals surface area (Å²) in [4.78, 5) is 35.9. The molecule has 8 nitrogen and oxygen atoms in total. The third kappa shape index (κ3) is 8.38. The number of halogens is 1. The number of carbonyl (C=O) groups is 3. The van der Waals surface area contributed by atoms with E-state index >= 15 is 0 Å². The van der Waals surface area contributed by atoms with Crippen LogP contribution in [0, 0.1) is 13.8 Å². The highest BCUT2D eigenvalue weighted by Gasteiger charge is 2.12. The molecule has 0 saturated carbocycles. The van der Waals surface area contributed by atoms with Crippen molar-refractivity contribution in [2.45, 2.75) is 20.4 Å². The summed E-state index contributed by atoms with van der Waals surface area (Å²) in [6.07, 6.45) is 1.40. The van der Waals surface area contributed by atoms with Crippen LogP contribution in [0.2, 0.25) is 0 Å². The number of hydrogen-bond acceptors (Lipinski definition) is 5. The minimum Gasteiger partial charge on any atom is -0.484 e. The molecule has 9 heteroatoms. The molecular weight excluding hydrogens is 512 g/mol. The summed E-state index contributed by atoms with van der Waals surface area (Å²) < 4.78 is 6.47. The minimum absolute atomic E-state index is 0.143. The van der Waals surface area contributed by atoms with E-state index in [9.17, 15) is 14.4 Å². The number of aryl methyl sites for hydroxylation is 2. The van der Waals surface area contributed by atoms with Gasteiger partial charge in [0.05, 0.1) is 6.21 Å². The molecule has 0 saturated heterocycles. The smallest absolute Gasteiger partial charge is 0.329 e. The Morgan fingerprint density at radius 3 is 2.34 bits per heavy atom. The number of hydrogen-bond donors (Lipinski definition) is 3. The van der Waals surface area contributed by atoms with Gasteiger partial charge in [-0.1, -0.05) is 45.8 Å². The normalized spacial score (nSPS) is 10.6. The molecule has 0 aliphatic carbocycles. The van der Waals surface area contributed by atoms with Crippen LogP contribution in [0.15, 0.2) is 76.3 Å². The molecule has 0 spiro atoms. The molecule has 3 aromatic carbocycles. The zero-order valence-corrected chi connectivity index (χ0v) is 20.9. The van der Waals surface area contributed by atoms with Gasteiger partial charge in [-0.25, -0.2) is 5.43 Å². The van der Waals surface area contributed by atoms with Gasteiger partial charge in [0.1, 0.15) is 5.75 Å². The minimum atomic E-state index is -0.861. The first kappa shape index (κ1) is 25.6. The number of hydrazone groups is 1. The Kier molecular flexibility index (Phi) is 9.14. The standard InChI is InChI=1S/C26H25BrN4O4/c1-17-3-5-19(6-4-17)14-28-25(33)26(34)31-29-15-20-7-10-22(11-8-20)35-16-24(32)30-21-9-12-23(27)18(2)13-21/h3-13,15H,14,16H2,1-2H3,(H,28,33)(H,30,32)(H,31,34)/b29-15-. The van der Waals surface area contributed by atoms with Gasteiger partial charge < -0.3 is 15.4 Å². The lowest BCUT2D eigenvalue weighted by molar-refractivity contribution is -0.139. The van der Waals surface area contributed by atoms with Crippen molar-refractivity contribution in [1.82, 2.24) is 10.7 Å². The average molecular weight is 537 g/mol. The van der Waals surface area contributed by atoms with Gasteiger partial charge in [0, 0.05) is 16.7 Å². The Balaban J connectivity index is 1.40. The molecule has 0 atom stereocenters. The van der Waals surface area contributed by atoms with Crippen LogP contribution in [-0.2, 0) is 20.9 Å². The molecule has 0 fully saturated rings. The SMILES string of the molecule is Cc1ccc(CNC(=O)C(=O)N/N=C\c2ccc(OCC(=O)Nc3ccc(Br)c(C)c3)cc2)cc1. The number of benzene rings is 3. The summed E-state index contributed by atoms with van der Waals surface area (Å²) in [5.41, 5.74) is 6.58. The van der Waals surface area contributed by atoms with Gasteiger partial charge in [0.25, 0.3) is 5.91 Å². The van der Waals surface area contributed by atoms with Crippen LogP contribution in [0.25, 0.3) is 0 Å². The van der Waals surface area contributed by atoms with Gasteiger partial charge in [-0.05, 0) is 73.0 Å². The zero-order chi connectivity index (χ0) is 25.2. The van der Waals surface area contributed by atoms with E-state index in [0.29, 0.717) is 17.0 Å². The predicted octanol–water partition coefficient (Wildman–Crippen LogP) is 3.85. The number of nitrogens with zero attached hydrogens (tertiary/aromatic N) is 1. The third-order valence-corrected chi connectivity index (χ3v) is 5.74. The second kappa shape index (κ2) is 12.5. The second-order valence-electron chi connectivity index (χ2n) is 7.74. The Bertz CT molecular complexity index is 1230. The third-order valence-electron chi connectivity index (χ3n) is 4.85. The molecule has 3 amide bonds.